The molecule has 134 valence electrons. The van der Waals surface area contributed by atoms with E-state index in [0.29, 0.717) is 6.54 Å². The lowest BCUT2D eigenvalue weighted by Crippen LogP contribution is -2.29. The molecule has 0 bridgehead atoms. The lowest BCUT2D eigenvalue weighted by Gasteiger charge is -2.25. The summed E-state index contributed by atoms with van der Waals surface area (Å²) >= 11 is 6.11. The molecule has 2 rings (SSSR count). The second-order valence-electron chi connectivity index (χ2n) is 5.26. The SMILES string of the molecule is CCN(C)C(=O)OC(c1cnccc1Cl)c1ccccc1C(F)(F)F. The van der Waals surface area contributed by atoms with Crippen LogP contribution in [0.5, 0.6) is 0 Å². The Kier molecular flexibility index (Phi) is 5.89. The third kappa shape index (κ3) is 4.42. The van der Waals surface area contributed by atoms with Crippen molar-refractivity contribution in [2.24, 2.45) is 0 Å². The van der Waals surface area contributed by atoms with E-state index in [1.807, 2.05) is 0 Å². The lowest BCUT2D eigenvalue weighted by molar-refractivity contribution is -0.139. The van der Waals surface area contributed by atoms with Crippen molar-refractivity contribution in [1.82, 2.24) is 9.88 Å². The Morgan fingerprint density at radius 3 is 2.56 bits per heavy atom. The maximum atomic E-state index is 13.4. The zero-order valence-electron chi connectivity index (χ0n) is 13.5. The molecular weight excluding hydrogens is 357 g/mol. The quantitative estimate of drug-likeness (QED) is 0.764. The molecule has 1 heterocycles. The van der Waals surface area contributed by atoms with Crippen LogP contribution in [0.25, 0.3) is 0 Å². The summed E-state index contributed by atoms with van der Waals surface area (Å²) in [7, 11) is 1.49. The van der Waals surface area contributed by atoms with Gasteiger partial charge in [0.05, 0.1) is 10.6 Å². The molecule has 1 atom stereocenters. The number of alkyl halides is 3. The van der Waals surface area contributed by atoms with Crippen molar-refractivity contribution in [3.8, 4) is 0 Å². The number of amides is 1. The van der Waals surface area contributed by atoms with Gasteiger partial charge in [0.15, 0.2) is 6.10 Å². The molecule has 4 nitrogen and oxygen atoms in total. The molecule has 0 radical (unpaired) electrons. The van der Waals surface area contributed by atoms with E-state index in [-0.39, 0.29) is 16.1 Å². The van der Waals surface area contributed by atoms with Gasteiger partial charge in [-0.2, -0.15) is 13.2 Å². The summed E-state index contributed by atoms with van der Waals surface area (Å²) in [5.41, 5.74) is -0.923. The van der Waals surface area contributed by atoms with E-state index in [9.17, 15) is 18.0 Å². The number of ether oxygens (including phenoxy) is 1. The number of nitrogens with zero attached hydrogens (tertiary/aromatic N) is 2. The minimum atomic E-state index is -4.60. The van der Waals surface area contributed by atoms with Gasteiger partial charge in [0.2, 0.25) is 0 Å². The zero-order valence-corrected chi connectivity index (χ0v) is 14.3. The first-order chi connectivity index (χ1) is 11.8. The molecule has 1 unspecified atom stereocenters. The number of hydrogen-bond donors (Lipinski definition) is 0. The van der Waals surface area contributed by atoms with E-state index < -0.39 is 23.9 Å². The smallest absolute Gasteiger partial charge is 0.416 e. The number of benzene rings is 1. The first-order valence-electron chi connectivity index (χ1n) is 7.43. The monoisotopic (exact) mass is 372 g/mol. The average molecular weight is 373 g/mol. The van der Waals surface area contributed by atoms with E-state index in [4.69, 9.17) is 16.3 Å². The van der Waals surface area contributed by atoms with E-state index in [1.165, 1.54) is 48.6 Å². The van der Waals surface area contributed by atoms with Crippen LogP contribution in [0.15, 0.2) is 42.7 Å². The Balaban J connectivity index is 2.57. The van der Waals surface area contributed by atoms with E-state index in [0.717, 1.165) is 6.07 Å². The van der Waals surface area contributed by atoms with Gasteiger partial charge in [0, 0.05) is 37.1 Å². The van der Waals surface area contributed by atoms with Gasteiger partial charge in [0.1, 0.15) is 0 Å². The maximum Gasteiger partial charge on any atom is 0.416 e. The van der Waals surface area contributed by atoms with E-state index in [2.05, 4.69) is 4.98 Å². The molecule has 0 saturated carbocycles. The molecule has 25 heavy (non-hydrogen) atoms. The Hall–Kier alpha value is -2.28. The summed E-state index contributed by atoms with van der Waals surface area (Å²) in [4.78, 5) is 17.3. The molecule has 0 aliphatic heterocycles. The van der Waals surface area contributed by atoms with Gasteiger partial charge < -0.3 is 9.64 Å². The summed E-state index contributed by atoms with van der Waals surface area (Å²) < 4.78 is 45.5. The summed E-state index contributed by atoms with van der Waals surface area (Å²) in [5, 5.41) is 0.156. The van der Waals surface area contributed by atoms with Crippen LogP contribution in [0.1, 0.15) is 29.7 Å². The fourth-order valence-corrected chi connectivity index (χ4v) is 2.39. The highest BCUT2D eigenvalue weighted by atomic mass is 35.5. The minimum Gasteiger partial charge on any atom is -0.436 e. The molecule has 1 aromatic carbocycles. The van der Waals surface area contributed by atoms with Gasteiger partial charge in [-0.15, -0.1) is 0 Å². The molecule has 0 aliphatic rings. The van der Waals surface area contributed by atoms with Crippen LogP contribution in [-0.4, -0.2) is 29.6 Å². The third-order valence-electron chi connectivity index (χ3n) is 3.63. The van der Waals surface area contributed by atoms with E-state index in [1.54, 1.807) is 6.92 Å². The van der Waals surface area contributed by atoms with Crippen molar-refractivity contribution in [2.75, 3.05) is 13.6 Å². The summed E-state index contributed by atoms with van der Waals surface area (Å²) in [6.45, 7) is 2.06. The molecule has 0 aliphatic carbocycles. The van der Waals surface area contributed by atoms with Gasteiger partial charge in [-0.25, -0.2) is 4.79 Å². The average Bonchev–Trinajstić information content (AvgIpc) is 2.58. The summed E-state index contributed by atoms with van der Waals surface area (Å²) in [6, 6.07) is 6.34. The second kappa shape index (κ2) is 7.74. The van der Waals surface area contributed by atoms with Crippen LogP contribution in [0.4, 0.5) is 18.0 Å². The highest BCUT2D eigenvalue weighted by Gasteiger charge is 2.37. The Morgan fingerprint density at radius 1 is 1.28 bits per heavy atom. The van der Waals surface area contributed by atoms with Gasteiger partial charge >= 0.3 is 12.3 Å². The molecule has 0 fully saturated rings. The zero-order chi connectivity index (χ0) is 18.6. The van der Waals surface area contributed by atoms with Crippen LogP contribution in [0.3, 0.4) is 0 Å². The number of pyridine rings is 1. The molecule has 1 aromatic heterocycles. The van der Waals surface area contributed by atoms with Gasteiger partial charge in [0.25, 0.3) is 0 Å². The molecule has 1 amide bonds. The van der Waals surface area contributed by atoms with Crippen LogP contribution in [-0.2, 0) is 10.9 Å². The van der Waals surface area contributed by atoms with Crippen LogP contribution < -0.4 is 0 Å². The largest absolute Gasteiger partial charge is 0.436 e. The van der Waals surface area contributed by atoms with Crippen molar-refractivity contribution in [2.45, 2.75) is 19.2 Å². The third-order valence-corrected chi connectivity index (χ3v) is 3.98. The molecule has 0 saturated heterocycles. The predicted octanol–water partition coefficient (Wildman–Crippen LogP) is 4.93. The van der Waals surface area contributed by atoms with E-state index >= 15 is 0 Å². The Morgan fingerprint density at radius 2 is 1.96 bits per heavy atom. The standard InChI is InChI=1S/C17H16ClF3N2O2/c1-3-23(2)16(24)25-15(12-10-22-9-8-14(12)18)11-6-4-5-7-13(11)17(19,20)21/h4-10,15H,3H2,1-2H3. The fraction of sp³-hybridized carbons (Fsp3) is 0.294. The van der Waals surface area contributed by atoms with Crippen molar-refractivity contribution in [3.05, 3.63) is 64.4 Å². The number of carbonyl (C=O) groups is 1. The fourth-order valence-electron chi connectivity index (χ4n) is 2.18. The van der Waals surface area contributed by atoms with Crippen LogP contribution >= 0.6 is 11.6 Å². The maximum absolute atomic E-state index is 13.4. The molecule has 8 heteroatoms. The van der Waals surface area contributed by atoms with Crippen LogP contribution in [0.2, 0.25) is 5.02 Å². The van der Waals surface area contributed by atoms with Crippen molar-refractivity contribution >= 4 is 17.7 Å². The Labute approximate surface area is 148 Å². The topological polar surface area (TPSA) is 42.4 Å². The highest BCUT2D eigenvalue weighted by molar-refractivity contribution is 6.31. The highest BCUT2D eigenvalue weighted by Crippen LogP contribution is 2.39. The normalized spacial score (nSPS) is 12.6. The number of hydrogen-bond acceptors (Lipinski definition) is 3. The summed E-state index contributed by atoms with van der Waals surface area (Å²) in [5.74, 6) is 0. The van der Waals surface area contributed by atoms with Crippen molar-refractivity contribution < 1.29 is 22.7 Å². The van der Waals surface area contributed by atoms with Gasteiger partial charge in [-0.3, -0.25) is 4.98 Å². The number of halogens is 4. The summed E-state index contributed by atoms with van der Waals surface area (Å²) in [6.07, 6.45) is -4.00. The number of rotatable bonds is 4. The molecule has 0 spiro atoms. The molecule has 2 aromatic rings. The lowest BCUT2D eigenvalue weighted by atomic mass is 9.97. The van der Waals surface area contributed by atoms with Crippen molar-refractivity contribution in [3.63, 3.8) is 0 Å². The van der Waals surface area contributed by atoms with Gasteiger partial charge in [-0.1, -0.05) is 29.8 Å². The van der Waals surface area contributed by atoms with Gasteiger partial charge in [-0.05, 0) is 19.1 Å². The second-order valence-corrected chi connectivity index (χ2v) is 5.67. The minimum absolute atomic E-state index is 0.156. The van der Waals surface area contributed by atoms with Crippen molar-refractivity contribution in [1.29, 1.82) is 0 Å². The first-order valence-corrected chi connectivity index (χ1v) is 7.80. The number of carbonyl (C=O) groups excluding carboxylic acids is 1. The molecular formula is C17H16ClF3N2O2. The number of aromatic nitrogens is 1. The van der Waals surface area contributed by atoms with Crippen LogP contribution in [0, 0.1) is 0 Å². The Bertz CT molecular complexity index is 753. The first kappa shape index (κ1) is 19.1. The molecule has 0 N–H and O–H groups in total. The predicted molar refractivity (Wildman–Crippen MR) is 87.3 cm³/mol.